The molecule has 2 aromatic rings. The Kier molecular flexibility index (Phi) is 3.77. The molecule has 1 amide bonds. The van der Waals surface area contributed by atoms with Crippen LogP contribution in [0.5, 0.6) is 0 Å². The van der Waals surface area contributed by atoms with Crippen LogP contribution < -0.4 is 0 Å². The van der Waals surface area contributed by atoms with Gasteiger partial charge in [-0.3, -0.25) is 9.59 Å². The lowest BCUT2D eigenvalue weighted by Crippen LogP contribution is -2.57. The lowest BCUT2D eigenvalue weighted by Gasteiger charge is -2.43. The number of amides is 1. The monoisotopic (exact) mass is 396 g/mol. The van der Waals surface area contributed by atoms with Gasteiger partial charge in [0.05, 0.1) is 11.5 Å². The molecule has 2 N–H and O–H groups in total. The Bertz CT molecular complexity index is 1030. The second kappa shape index (κ2) is 5.85. The summed E-state index contributed by atoms with van der Waals surface area (Å²) in [6.07, 6.45) is 2.42. The topological polar surface area (TPSA) is 82.6 Å². The summed E-state index contributed by atoms with van der Waals surface area (Å²) in [4.78, 5) is 31.9. The smallest absolute Gasteiger partial charge is 0.313 e. The summed E-state index contributed by atoms with van der Waals surface area (Å²) in [6, 6.07) is 7.90. The first kappa shape index (κ1) is 18.7. The van der Waals surface area contributed by atoms with Gasteiger partial charge in [-0.15, -0.1) is 0 Å². The molecule has 1 aliphatic carbocycles. The number of hydrogen-bond acceptors (Lipinski definition) is 4. The predicted octanol–water partition coefficient (Wildman–Crippen LogP) is 3.10. The van der Waals surface area contributed by atoms with Crippen LogP contribution >= 0.6 is 0 Å². The van der Waals surface area contributed by atoms with Gasteiger partial charge in [0.15, 0.2) is 5.60 Å². The van der Waals surface area contributed by atoms with E-state index in [1.54, 1.807) is 0 Å². The van der Waals surface area contributed by atoms with E-state index in [1.807, 2.05) is 43.9 Å². The van der Waals surface area contributed by atoms with Crippen molar-refractivity contribution in [1.82, 2.24) is 9.88 Å². The molecule has 1 saturated heterocycles. The van der Waals surface area contributed by atoms with Crippen molar-refractivity contribution in [3.63, 3.8) is 0 Å². The lowest BCUT2D eigenvalue weighted by atomic mass is 9.66. The number of hydrogen-bond donors (Lipinski definition) is 2. The second-order valence-corrected chi connectivity index (χ2v) is 9.51. The van der Waals surface area contributed by atoms with Gasteiger partial charge in [-0.2, -0.15) is 0 Å². The number of nitrogens with zero attached hydrogens (tertiary/aromatic N) is 1. The van der Waals surface area contributed by atoms with Crippen molar-refractivity contribution in [1.29, 1.82) is 0 Å². The number of aromatic amines is 1. The predicted molar refractivity (Wildman–Crippen MR) is 108 cm³/mol. The number of rotatable bonds is 3. The Labute approximate surface area is 170 Å². The van der Waals surface area contributed by atoms with Gasteiger partial charge in [-0.1, -0.05) is 32.0 Å². The normalized spacial score (nSPS) is 32.5. The molecule has 6 nitrogen and oxygen atoms in total. The molecule has 0 radical (unpaired) electrons. The van der Waals surface area contributed by atoms with E-state index in [2.05, 4.69) is 11.1 Å². The molecule has 3 heterocycles. The van der Waals surface area contributed by atoms with Crippen LogP contribution in [0, 0.1) is 10.8 Å². The fourth-order valence-electron chi connectivity index (χ4n) is 5.94. The Morgan fingerprint density at radius 1 is 1.28 bits per heavy atom. The van der Waals surface area contributed by atoms with Crippen LogP contribution in [0.3, 0.4) is 0 Å². The third-order valence-corrected chi connectivity index (χ3v) is 8.25. The molecule has 2 aliphatic heterocycles. The summed E-state index contributed by atoms with van der Waals surface area (Å²) in [5.41, 5.74) is 0.957. The number of benzene rings is 1. The summed E-state index contributed by atoms with van der Waals surface area (Å²) in [5, 5.41) is 10.9. The average molecular weight is 396 g/mol. The third-order valence-electron chi connectivity index (χ3n) is 8.25. The molecular weight excluding hydrogens is 368 g/mol. The number of H-pyrrole nitrogens is 1. The molecule has 3 aliphatic rings. The van der Waals surface area contributed by atoms with Gasteiger partial charge >= 0.3 is 5.97 Å². The number of aliphatic hydroxyl groups excluding tert-OH is 1. The van der Waals surface area contributed by atoms with E-state index in [-0.39, 0.29) is 24.5 Å². The lowest BCUT2D eigenvalue weighted by molar-refractivity contribution is -0.176. The van der Waals surface area contributed by atoms with Gasteiger partial charge in [0, 0.05) is 35.2 Å². The first-order valence-electron chi connectivity index (χ1n) is 10.5. The minimum absolute atomic E-state index is 0.0167. The molecule has 0 spiro atoms. The van der Waals surface area contributed by atoms with Crippen LogP contribution in [0.1, 0.15) is 57.3 Å². The number of carbonyl (C=O) groups is 2. The van der Waals surface area contributed by atoms with E-state index in [1.165, 1.54) is 10.9 Å². The molecule has 1 saturated carbocycles. The van der Waals surface area contributed by atoms with Crippen molar-refractivity contribution in [3.05, 3.63) is 35.5 Å². The summed E-state index contributed by atoms with van der Waals surface area (Å²) >= 11 is 0. The summed E-state index contributed by atoms with van der Waals surface area (Å²) in [5.74, 6) is -0.371. The molecule has 2 fully saturated rings. The SMILES string of the molecule is CC1(C)[C@@]2(C)CC[C@]1(C(=O)N1CCc3c([nH]c4ccccc34)[C@H]1CCO)OC2=O. The maximum Gasteiger partial charge on any atom is 0.313 e. The number of nitrogens with one attached hydrogen (secondary N) is 1. The second-order valence-electron chi connectivity index (χ2n) is 9.51. The molecule has 6 heteroatoms. The first-order valence-corrected chi connectivity index (χ1v) is 10.5. The number of aromatic nitrogens is 1. The van der Waals surface area contributed by atoms with Crippen molar-refractivity contribution in [2.75, 3.05) is 13.2 Å². The molecule has 1 aromatic heterocycles. The van der Waals surface area contributed by atoms with Gasteiger partial charge in [-0.25, -0.2) is 0 Å². The Balaban J connectivity index is 1.58. The highest BCUT2D eigenvalue weighted by atomic mass is 16.6. The summed E-state index contributed by atoms with van der Waals surface area (Å²) < 4.78 is 5.85. The maximum absolute atomic E-state index is 13.9. The van der Waals surface area contributed by atoms with Gasteiger partial charge < -0.3 is 19.7 Å². The van der Waals surface area contributed by atoms with Crippen LogP contribution in [-0.2, 0) is 20.7 Å². The van der Waals surface area contributed by atoms with Gasteiger partial charge in [0.1, 0.15) is 0 Å². The zero-order chi connectivity index (χ0) is 20.6. The minimum Gasteiger partial charge on any atom is -0.448 e. The van der Waals surface area contributed by atoms with Crippen LogP contribution in [0.4, 0.5) is 0 Å². The fourth-order valence-corrected chi connectivity index (χ4v) is 5.94. The maximum atomic E-state index is 13.9. The van der Waals surface area contributed by atoms with E-state index in [0.29, 0.717) is 25.8 Å². The number of aliphatic hydroxyl groups is 1. The number of ether oxygens (including phenoxy) is 1. The van der Waals surface area contributed by atoms with Crippen LogP contribution in [0.25, 0.3) is 10.9 Å². The molecule has 3 atom stereocenters. The minimum atomic E-state index is -1.12. The van der Waals surface area contributed by atoms with Gasteiger partial charge in [-0.05, 0) is 44.2 Å². The van der Waals surface area contributed by atoms with E-state index in [9.17, 15) is 14.7 Å². The molecule has 2 bridgehead atoms. The van der Waals surface area contributed by atoms with E-state index in [0.717, 1.165) is 17.6 Å². The zero-order valence-electron chi connectivity index (χ0n) is 17.2. The largest absolute Gasteiger partial charge is 0.448 e. The zero-order valence-corrected chi connectivity index (χ0v) is 17.2. The number of para-hydroxylation sites is 1. The van der Waals surface area contributed by atoms with Crippen molar-refractivity contribution < 1.29 is 19.4 Å². The van der Waals surface area contributed by atoms with Crippen LogP contribution in [-0.4, -0.2) is 45.6 Å². The fraction of sp³-hybridized carbons (Fsp3) is 0.565. The van der Waals surface area contributed by atoms with E-state index in [4.69, 9.17) is 4.74 Å². The number of fused-ring (bicyclic) bond motifs is 5. The number of carbonyl (C=O) groups excluding carboxylic acids is 2. The Hall–Kier alpha value is -2.34. The Morgan fingerprint density at radius 2 is 2.03 bits per heavy atom. The number of esters is 1. The third kappa shape index (κ3) is 2.10. The molecule has 0 unspecified atom stereocenters. The highest BCUT2D eigenvalue weighted by Gasteiger charge is 2.76. The van der Waals surface area contributed by atoms with E-state index < -0.39 is 16.4 Å². The van der Waals surface area contributed by atoms with Gasteiger partial charge in [0.25, 0.3) is 5.91 Å². The van der Waals surface area contributed by atoms with Gasteiger partial charge in [0.2, 0.25) is 0 Å². The summed E-state index contributed by atoms with van der Waals surface area (Å²) in [7, 11) is 0. The molecule has 5 rings (SSSR count). The first-order chi connectivity index (χ1) is 13.8. The van der Waals surface area contributed by atoms with Crippen molar-refractivity contribution >= 4 is 22.8 Å². The Morgan fingerprint density at radius 3 is 2.69 bits per heavy atom. The van der Waals surface area contributed by atoms with Crippen molar-refractivity contribution in [2.45, 2.75) is 58.1 Å². The molecule has 154 valence electrons. The molecular formula is C23H28N2O4. The highest BCUT2D eigenvalue weighted by Crippen LogP contribution is 2.66. The highest BCUT2D eigenvalue weighted by molar-refractivity contribution is 5.97. The molecule has 1 aromatic carbocycles. The average Bonchev–Trinajstić information content (AvgIpc) is 3.22. The van der Waals surface area contributed by atoms with Crippen LogP contribution in [0.15, 0.2) is 24.3 Å². The summed E-state index contributed by atoms with van der Waals surface area (Å²) in [6.45, 7) is 6.44. The van der Waals surface area contributed by atoms with E-state index >= 15 is 0 Å². The standard InChI is InChI=1S/C23H28N2O4/c1-21(2)22(3)10-11-23(21,29-20(22)28)19(27)25-12-8-15-14-6-4-5-7-16(14)24-18(15)17(25)9-13-26/h4-7,17,24,26H,8-13H2,1-3H3/t17-,22+,23-/m1/s1. The van der Waals surface area contributed by atoms with Crippen molar-refractivity contribution in [3.8, 4) is 0 Å². The van der Waals surface area contributed by atoms with Crippen LogP contribution in [0.2, 0.25) is 0 Å². The quantitative estimate of drug-likeness (QED) is 0.781. The van der Waals surface area contributed by atoms with Crippen molar-refractivity contribution in [2.24, 2.45) is 10.8 Å². The molecule has 29 heavy (non-hydrogen) atoms.